The molecule has 2 heteroatoms. The van der Waals surface area contributed by atoms with Crippen molar-refractivity contribution in [2.45, 2.75) is 23.7 Å². The van der Waals surface area contributed by atoms with Crippen LogP contribution in [-0.2, 0) is 0 Å². The first-order chi connectivity index (χ1) is 4.25. The molecule has 0 bridgehead atoms. The molecule has 0 aromatic heterocycles. The molecule has 1 fully saturated rings. The Bertz CT molecular complexity index is 92.9. The molecule has 1 rings (SSSR count). The van der Waals surface area contributed by atoms with Gasteiger partial charge in [-0.05, 0) is 18.3 Å². The molecule has 0 heterocycles. The molecule has 0 aromatic carbocycles. The molecule has 0 saturated heterocycles. The Morgan fingerprint density at radius 3 is 2.33 bits per heavy atom. The van der Waals surface area contributed by atoms with Gasteiger partial charge in [-0.25, -0.2) is 0 Å². The van der Waals surface area contributed by atoms with Gasteiger partial charge in [0.1, 0.15) is 0 Å². The summed E-state index contributed by atoms with van der Waals surface area (Å²) in [5.74, 6) is 2.06. The predicted octanol–water partition coefficient (Wildman–Crippen LogP) is 3.27. The summed E-state index contributed by atoms with van der Waals surface area (Å²) in [5.41, 5.74) is 0. The van der Waals surface area contributed by atoms with Gasteiger partial charge in [0.25, 0.3) is 0 Å². The van der Waals surface area contributed by atoms with Crippen LogP contribution in [0.15, 0.2) is 0 Å². The van der Waals surface area contributed by atoms with E-state index in [9.17, 15) is 0 Å². The van der Waals surface area contributed by atoms with Crippen molar-refractivity contribution in [1.29, 1.82) is 0 Å². The number of alkyl halides is 2. The van der Waals surface area contributed by atoms with E-state index in [1.165, 1.54) is 17.3 Å². The highest BCUT2D eigenvalue weighted by Crippen LogP contribution is 2.39. The van der Waals surface area contributed by atoms with E-state index in [0.29, 0.717) is 0 Å². The van der Waals surface area contributed by atoms with Crippen LogP contribution in [0.5, 0.6) is 0 Å². The second-order valence-electron chi connectivity index (χ2n) is 2.89. The van der Waals surface area contributed by atoms with Crippen molar-refractivity contribution >= 4 is 45.2 Å². The van der Waals surface area contributed by atoms with E-state index in [4.69, 9.17) is 0 Å². The summed E-state index contributed by atoms with van der Waals surface area (Å²) in [6, 6.07) is 0. The third-order valence-corrected chi connectivity index (χ3v) is 6.30. The molecule has 9 heavy (non-hydrogen) atoms. The largest absolute Gasteiger partial charge is 0.0852 e. The maximum atomic E-state index is 2.59. The van der Waals surface area contributed by atoms with E-state index >= 15 is 0 Å². The zero-order valence-electron chi connectivity index (χ0n) is 5.61. The van der Waals surface area contributed by atoms with E-state index in [-0.39, 0.29) is 0 Å². The van der Waals surface area contributed by atoms with Crippen LogP contribution in [0.4, 0.5) is 0 Å². The standard InChI is InChI=1S/C7H12I2/c1-5-2-3-6(5)7(9)4-8/h5-7H,2-4H2,1H3/t5?,6?,7-/m0/s1. The molecule has 1 saturated carbocycles. The summed E-state index contributed by atoms with van der Waals surface area (Å²) in [7, 11) is 0. The van der Waals surface area contributed by atoms with Gasteiger partial charge in [-0.3, -0.25) is 0 Å². The zero-order chi connectivity index (χ0) is 6.85. The first-order valence-corrected chi connectivity index (χ1v) is 6.23. The molecule has 1 aliphatic rings. The monoisotopic (exact) mass is 350 g/mol. The summed E-state index contributed by atoms with van der Waals surface area (Å²) in [6.07, 6.45) is 2.96. The van der Waals surface area contributed by atoms with E-state index in [1.807, 2.05) is 0 Å². The topological polar surface area (TPSA) is 0 Å². The molecule has 0 amide bonds. The van der Waals surface area contributed by atoms with Crippen molar-refractivity contribution < 1.29 is 0 Å². The summed E-state index contributed by atoms with van der Waals surface area (Å²) in [5, 5.41) is 0. The third-order valence-electron chi connectivity index (χ3n) is 2.30. The van der Waals surface area contributed by atoms with Crippen LogP contribution >= 0.6 is 45.2 Å². The number of hydrogen-bond acceptors (Lipinski definition) is 0. The average molecular weight is 350 g/mol. The van der Waals surface area contributed by atoms with Gasteiger partial charge < -0.3 is 0 Å². The Hall–Kier alpha value is 1.46. The van der Waals surface area contributed by atoms with Crippen LogP contribution in [0.25, 0.3) is 0 Å². The van der Waals surface area contributed by atoms with Crippen molar-refractivity contribution in [3.8, 4) is 0 Å². The summed E-state index contributed by atoms with van der Waals surface area (Å²) in [6.45, 7) is 2.38. The lowest BCUT2D eigenvalue weighted by atomic mass is 9.74. The Balaban J connectivity index is 2.25. The lowest BCUT2D eigenvalue weighted by Gasteiger charge is -2.36. The Morgan fingerprint density at radius 1 is 1.56 bits per heavy atom. The molecular formula is C7H12I2. The lowest BCUT2D eigenvalue weighted by molar-refractivity contribution is 0.204. The van der Waals surface area contributed by atoms with Crippen molar-refractivity contribution in [3.05, 3.63) is 0 Å². The summed E-state index contributed by atoms with van der Waals surface area (Å²) >= 11 is 5.08. The fraction of sp³-hybridized carbons (Fsp3) is 1.00. The molecule has 0 N–H and O–H groups in total. The maximum Gasteiger partial charge on any atom is 0.0230 e. The highest BCUT2D eigenvalue weighted by Gasteiger charge is 2.31. The summed E-state index contributed by atoms with van der Waals surface area (Å²) < 4.78 is 2.26. The third kappa shape index (κ3) is 1.94. The number of halogens is 2. The SMILES string of the molecule is CC1CCC1[C@@H](I)CI. The van der Waals surface area contributed by atoms with Crippen LogP contribution in [0.1, 0.15) is 19.8 Å². The van der Waals surface area contributed by atoms with Gasteiger partial charge in [-0.15, -0.1) is 0 Å². The van der Waals surface area contributed by atoms with E-state index in [0.717, 1.165) is 15.8 Å². The van der Waals surface area contributed by atoms with E-state index in [1.54, 1.807) is 0 Å². The quantitative estimate of drug-likeness (QED) is 0.530. The predicted molar refractivity (Wildman–Crippen MR) is 58.6 cm³/mol. The highest BCUT2D eigenvalue weighted by molar-refractivity contribution is 14.1. The molecule has 3 atom stereocenters. The van der Waals surface area contributed by atoms with E-state index < -0.39 is 0 Å². The first-order valence-electron chi connectivity index (χ1n) is 3.45. The van der Waals surface area contributed by atoms with Gasteiger partial charge in [-0.1, -0.05) is 58.5 Å². The van der Waals surface area contributed by atoms with Crippen LogP contribution in [0.3, 0.4) is 0 Å². The normalized spacial score (nSPS) is 37.7. The minimum absolute atomic E-state index is 0.937. The van der Waals surface area contributed by atoms with Crippen molar-refractivity contribution in [1.82, 2.24) is 0 Å². The minimum Gasteiger partial charge on any atom is -0.0852 e. The van der Waals surface area contributed by atoms with Gasteiger partial charge in [0.05, 0.1) is 0 Å². The van der Waals surface area contributed by atoms with Crippen molar-refractivity contribution in [3.63, 3.8) is 0 Å². The molecule has 0 aromatic rings. The number of hydrogen-bond donors (Lipinski definition) is 0. The van der Waals surface area contributed by atoms with Gasteiger partial charge in [0, 0.05) is 8.35 Å². The number of rotatable bonds is 2. The highest BCUT2D eigenvalue weighted by atomic mass is 127. The Labute approximate surface area is 84.4 Å². The molecule has 0 nitrogen and oxygen atoms in total. The molecule has 2 unspecified atom stereocenters. The van der Waals surface area contributed by atoms with Crippen molar-refractivity contribution in [2.24, 2.45) is 11.8 Å². The van der Waals surface area contributed by atoms with Gasteiger partial charge in [0.15, 0.2) is 0 Å². The van der Waals surface area contributed by atoms with Gasteiger partial charge in [-0.2, -0.15) is 0 Å². The fourth-order valence-corrected chi connectivity index (χ4v) is 3.07. The molecule has 0 aliphatic heterocycles. The molecule has 54 valence electrons. The van der Waals surface area contributed by atoms with Crippen LogP contribution in [0.2, 0.25) is 0 Å². The molecule has 1 aliphatic carbocycles. The van der Waals surface area contributed by atoms with E-state index in [2.05, 4.69) is 52.1 Å². The van der Waals surface area contributed by atoms with Crippen LogP contribution in [-0.4, -0.2) is 8.35 Å². The smallest absolute Gasteiger partial charge is 0.0230 e. The van der Waals surface area contributed by atoms with Gasteiger partial charge >= 0.3 is 0 Å². The van der Waals surface area contributed by atoms with Crippen LogP contribution in [0, 0.1) is 11.8 Å². The van der Waals surface area contributed by atoms with Gasteiger partial charge in [0.2, 0.25) is 0 Å². The first kappa shape index (κ1) is 8.56. The second-order valence-corrected chi connectivity index (χ2v) is 5.37. The Morgan fingerprint density at radius 2 is 2.22 bits per heavy atom. The average Bonchev–Trinajstić information content (AvgIpc) is 1.84. The Kier molecular flexibility index (Phi) is 3.55. The lowest BCUT2D eigenvalue weighted by Crippen LogP contribution is -2.31. The summed E-state index contributed by atoms with van der Waals surface area (Å²) in [4.78, 5) is 0. The molecule has 0 radical (unpaired) electrons. The fourth-order valence-electron chi connectivity index (χ4n) is 1.34. The second kappa shape index (κ2) is 3.74. The van der Waals surface area contributed by atoms with Crippen LogP contribution < -0.4 is 0 Å². The zero-order valence-corrected chi connectivity index (χ0v) is 9.92. The maximum absolute atomic E-state index is 2.59. The molecular weight excluding hydrogens is 338 g/mol. The van der Waals surface area contributed by atoms with Crippen molar-refractivity contribution in [2.75, 3.05) is 4.43 Å². The minimum atomic E-state index is 0.937. The molecule has 0 spiro atoms.